The second-order valence-corrected chi connectivity index (χ2v) is 4.15. The molecule has 0 aliphatic carbocycles. The van der Waals surface area contributed by atoms with Gasteiger partial charge in [0.05, 0.1) is 12.9 Å². The van der Waals surface area contributed by atoms with Crippen molar-refractivity contribution >= 4 is 16.1 Å². The van der Waals surface area contributed by atoms with Crippen LogP contribution >= 0.6 is 0 Å². The molecule has 0 heterocycles. The summed E-state index contributed by atoms with van der Waals surface area (Å²) in [4.78, 5) is 10.3. The Balaban J connectivity index is 3.81. The second kappa shape index (κ2) is 4.98. The van der Waals surface area contributed by atoms with Crippen molar-refractivity contribution in [3.05, 3.63) is 11.6 Å². The zero-order valence-electron chi connectivity index (χ0n) is 7.48. The van der Waals surface area contributed by atoms with E-state index in [1.807, 2.05) is 0 Å². The number of carboxylic acid groups (broad SMARTS) is 1. The number of hydrogen-bond donors (Lipinski definition) is 1. The molecular weight excluding hydrogens is 196 g/mol. The number of carbonyl (C=O) groups is 1. The molecule has 0 saturated carbocycles. The molecule has 0 radical (unpaired) electrons. The fraction of sp³-hybridized carbons (Fsp3) is 0.571. The summed E-state index contributed by atoms with van der Waals surface area (Å²) >= 11 is 0. The number of hydrogen-bond acceptors (Lipinski definition) is 4. The molecule has 1 N–H and O–H groups in total. The average Bonchev–Trinajstić information content (AvgIpc) is 1.95. The van der Waals surface area contributed by atoms with E-state index < -0.39 is 16.1 Å². The Labute approximate surface area is 77.1 Å². The first-order valence-electron chi connectivity index (χ1n) is 3.57. The predicted molar refractivity (Wildman–Crippen MR) is 46.8 cm³/mol. The Kier molecular flexibility index (Phi) is 4.64. The maximum absolute atomic E-state index is 10.5. The summed E-state index contributed by atoms with van der Waals surface area (Å²) < 4.78 is 25.3. The van der Waals surface area contributed by atoms with Crippen molar-refractivity contribution in [3.8, 4) is 0 Å². The lowest BCUT2D eigenvalue weighted by Gasteiger charge is -1.97. The van der Waals surface area contributed by atoms with Gasteiger partial charge in [-0.1, -0.05) is 6.08 Å². The summed E-state index contributed by atoms with van der Waals surface area (Å²) in [5.41, 5.74) is 0.178. The van der Waals surface area contributed by atoms with Crippen molar-refractivity contribution in [2.45, 2.75) is 13.3 Å². The molecule has 5 nitrogen and oxygen atoms in total. The van der Waals surface area contributed by atoms with Crippen LogP contribution in [0, 0.1) is 0 Å². The van der Waals surface area contributed by atoms with E-state index in [0.29, 0.717) is 0 Å². The van der Waals surface area contributed by atoms with Gasteiger partial charge in [-0.3, -0.25) is 4.18 Å². The molecule has 0 aromatic rings. The third-order valence-electron chi connectivity index (χ3n) is 1.20. The van der Waals surface area contributed by atoms with E-state index >= 15 is 0 Å². The van der Waals surface area contributed by atoms with Crippen LogP contribution in [0.25, 0.3) is 0 Å². The fourth-order valence-corrected chi connectivity index (χ4v) is 0.961. The van der Waals surface area contributed by atoms with Gasteiger partial charge in [0.2, 0.25) is 0 Å². The van der Waals surface area contributed by atoms with Crippen LogP contribution in [-0.2, 0) is 19.1 Å². The predicted octanol–water partition coefficient (Wildman–Crippen LogP) is 0.384. The van der Waals surface area contributed by atoms with Crippen LogP contribution in [0.2, 0.25) is 0 Å². The lowest BCUT2D eigenvalue weighted by Crippen LogP contribution is -2.04. The van der Waals surface area contributed by atoms with Gasteiger partial charge in [-0.25, -0.2) is 4.79 Å². The standard InChI is InChI=1S/C7H12O5S/c1-6(7(8)9)4-3-5-12-13(2,10)11/h4H,3,5H2,1-2H3,(H,8,9). The minimum atomic E-state index is -3.42. The highest BCUT2D eigenvalue weighted by atomic mass is 32.2. The van der Waals surface area contributed by atoms with Gasteiger partial charge in [0.1, 0.15) is 0 Å². The monoisotopic (exact) mass is 208 g/mol. The van der Waals surface area contributed by atoms with Gasteiger partial charge >= 0.3 is 5.97 Å². The summed E-state index contributed by atoms with van der Waals surface area (Å²) in [5, 5.41) is 8.41. The zero-order valence-corrected chi connectivity index (χ0v) is 8.30. The normalized spacial score (nSPS) is 12.9. The van der Waals surface area contributed by atoms with Crippen molar-refractivity contribution in [2.24, 2.45) is 0 Å². The van der Waals surface area contributed by atoms with Crippen LogP contribution in [0.1, 0.15) is 13.3 Å². The van der Waals surface area contributed by atoms with E-state index in [2.05, 4.69) is 4.18 Å². The lowest BCUT2D eigenvalue weighted by atomic mass is 10.2. The molecular formula is C7H12O5S. The molecule has 0 aliphatic rings. The van der Waals surface area contributed by atoms with Crippen LogP contribution in [0.4, 0.5) is 0 Å². The Morgan fingerprint density at radius 1 is 1.54 bits per heavy atom. The maximum Gasteiger partial charge on any atom is 0.330 e. The molecule has 0 bridgehead atoms. The van der Waals surface area contributed by atoms with Gasteiger partial charge in [-0.05, 0) is 13.3 Å². The zero-order chi connectivity index (χ0) is 10.5. The molecule has 76 valence electrons. The van der Waals surface area contributed by atoms with Crippen LogP contribution in [0.15, 0.2) is 11.6 Å². The van der Waals surface area contributed by atoms with Crippen LogP contribution in [0.3, 0.4) is 0 Å². The van der Waals surface area contributed by atoms with E-state index in [-0.39, 0.29) is 18.6 Å². The molecule has 0 spiro atoms. The molecule has 6 heteroatoms. The summed E-state index contributed by atoms with van der Waals surface area (Å²) in [7, 11) is -3.42. The van der Waals surface area contributed by atoms with E-state index in [1.54, 1.807) is 0 Å². The first-order chi connectivity index (χ1) is 5.83. The van der Waals surface area contributed by atoms with Gasteiger partial charge in [0.15, 0.2) is 0 Å². The van der Waals surface area contributed by atoms with Gasteiger partial charge < -0.3 is 5.11 Å². The second-order valence-electron chi connectivity index (χ2n) is 2.51. The highest BCUT2D eigenvalue weighted by molar-refractivity contribution is 7.85. The van der Waals surface area contributed by atoms with Gasteiger partial charge in [0, 0.05) is 5.57 Å². The van der Waals surface area contributed by atoms with E-state index in [9.17, 15) is 13.2 Å². The Bertz CT molecular complexity index is 301. The van der Waals surface area contributed by atoms with Crippen molar-refractivity contribution in [1.29, 1.82) is 0 Å². The summed E-state index contributed by atoms with van der Waals surface area (Å²) in [6, 6.07) is 0. The molecule has 13 heavy (non-hydrogen) atoms. The Morgan fingerprint density at radius 3 is 2.46 bits per heavy atom. The number of carboxylic acids is 1. The van der Waals surface area contributed by atoms with Crippen molar-refractivity contribution in [1.82, 2.24) is 0 Å². The molecule has 0 unspecified atom stereocenters. The van der Waals surface area contributed by atoms with E-state index in [0.717, 1.165) is 6.26 Å². The molecule has 0 aromatic carbocycles. The van der Waals surface area contributed by atoms with Crippen LogP contribution in [-0.4, -0.2) is 32.4 Å². The van der Waals surface area contributed by atoms with Gasteiger partial charge in [-0.15, -0.1) is 0 Å². The van der Waals surface area contributed by atoms with Crippen molar-refractivity contribution < 1.29 is 22.5 Å². The third kappa shape index (κ3) is 7.48. The molecule has 0 saturated heterocycles. The van der Waals surface area contributed by atoms with Crippen LogP contribution < -0.4 is 0 Å². The first kappa shape index (κ1) is 12.1. The van der Waals surface area contributed by atoms with Crippen molar-refractivity contribution in [2.75, 3.05) is 12.9 Å². The minimum absolute atomic E-state index is 0.0244. The Hall–Kier alpha value is -0.880. The average molecular weight is 208 g/mol. The molecule has 0 amide bonds. The Morgan fingerprint density at radius 2 is 2.08 bits per heavy atom. The lowest BCUT2D eigenvalue weighted by molar-refractivity contribution is -0.132. The highest BCUT2D eigenvalue weighted by Gasteiger charge is 2.01. The van der Waals surface area contributed by atoms with Crippen molar-refractivity contribution in [3.63, 3.8) is 0 Å². The number of aliphatic carboxylic acids is 1. The molecule has 0 rings (SSSR count). The van der Waals surface area contributed by atoms with Gasteiger partial charge in [-0.2, -0.15) is 8.42 Å². The molecule has 0 atom stereocenters. The molecule has 0 aromatic heterocycles. The quantitative estimate of drug-likeness (QED) is 0.401. The first-order valence-corrected chi connectivity index (χ1v) is 5.39. The summed E-state index contributed by atoms with van der Waals surface area (Å²) in [6.45, 7) is 1.41. The summed E-state index contributed by atoms with van der Waals surface area (Å²) in [6.07, 6.45) is 2.62. The van der Waals surface area contributed by atoms with E-state index in [1.165, 1.54) is 13.0 Å². The largest absolute Gasteiger partial charge is 0.478 e. The van der Waals surface area contributed by atoms with Gasteiger partial charge in [0.25, 0.3) is 10.1 Å². The maximum atomic E-state index is 10.5. The smallest absolute Gasteiger partial charge is 0.330 e. The highest BCUT2D eigenvalue weighted by Crippen LogP contribution is 1.97. The topological polar surface area (TPSA) is 80.7 Å². The molecule has 0 aliphatic heterocycles. The SMILES string of the molecule is CC(=CCCOS(C)(=O)=O)C(=O)O. The fourth-order valence-electron chi connectivity index (χ4n) is 0.562. The molecule has 0 fully saturated rings. The van der Waals surface area contributed by atoms with E-state index in [4.69, 9.17) is 5.11 Å². The third-order valence-corrected chi connectivity index (χ3v) is 1.80. The number of rotatable bonds is 5. The van der Waals surface area contributed by atoms with Crippen LogP contribution in [0.5, 0.6) is 0 Å². The summed E-state index contributed by atoms with van der Waals surface area (Å²) in [5.74, 6) is -1.01. The minimum Gasteiger partial charge on any atom is -0.478 e.